The molecule has 1 saturated heterocycles. The van der Waals surface area contributed by atoms with E-state index in [0.29, 0.717) is 6.42 Å². The zero-order chi connectivity index (χ0) is 16.3. The summed E-state index contributed by atoms with van der Waals surface area (Å²) in [6.45, 7) is 15.9. The van der Waals surface area contributed by atoms with Gasteiger partial charge in [0.2, 0.25) is 0 Å². The molecule has 5 nitrogen and oxygen atoms in total. The summed E-state index contributed by atoms with van der Waals surface area (Å²) >= 11 is 0. The molecule has 124 valence electrons. The molecule has 0 bridgehead atoms. The van der Waals surface area contributed by atoms with Crippen molar-refractivity contribution in [3.63, 3.8) is 0 Å². The first-order valence-corrected chi connectivity index (χ1v) is 7.90. The van der Waals surface area contributed by atoms with Crippen LogP contribution >= 0.6 is 0 Å². The van der Waals surface area contributed by atoms with E-state index in [4.69, 9.17) is 9.47 Å². The maximum atomic E-state index is 12.5. The number of nitrogens with zero attached hydrogens (tertiary/aromatic N) is 1. The fourth-order valence-electron chi connectivity index (χ4n) is 3.47. The second-order valence-electron chi connectivity index (χ2n) is 6.90. The zero-order valence-electron chi connectivity index (χ0n) is 14.7. The van der Waals surface area contributed by atoms with Gasteiger partial charge in [-0.15, -0.1) is 0 Å². The second-order valence-corrected chi connectivity index (χ2v) is 6.90. The van der Waals surface area contributed by atoms with Gasteiger partial charge in [0.25, 0.3) is 0 Å². The highest BCUT2D eigenvalue weighted by atomic mass is 16.6. The molecule has 0 radical (unpaired) electrons. The summed E-state index contributed by atoms with van der Waals surface area (Å²) in [4.78, 5) is 14.8. The number of rotatable bonds is 7. The van der Waals surface area contributed by atoms with Crippen molar-refractivity contribution in [3.05, 3.63) is 0 Å². The van der Waals surface area contributed by atoms with Gasteiger partial charge in [-0.2, -0.15) is 0 Å². The van der Waals surface area contributed by atoms with Crippen LogP contribution in [0.2, 0.25) is 0 Å². The normalized spacial score (nSPS) is 27.0. The predicted octanol–water partition coefficient (Wildman–Crippen LogP) is 1.81. The third-order valence-corrected chi connectivity index (χ3v) is 4.53. The summed E-state index contributed by atoms with van der Waals surface area (Å²) in [5, 5.41) is 3.45. The largest absolute Gasteiger partial charge is 0.468 e. The van der Waals surface area contributed by atoms with Crippen LogP contribution in [0.1, 0.15) is 48.0 Å². The third kappa shape index (κ3) is 3.76. The lowest BCUT2D eigenvalue weighted by Crippen LogP contribution is -2.64. The van der Waals surface area contributed by atoms with E-state index in [1.54, 1.807) is 0 Å². The minimum Gasteiger partial charge on any atom is -0.468 e. The SMILES string of the molecule is CCN(CC)CCNC1(C(=O)OC)CC(C)(C)OC1(C)C. The molecule has 1 heterocycles. The minimum absolute atomic E-state index is 0.238. The Kier molecular flexibility index (Phi) is 5.81. The molecule has 21 heavy (non-hydrogen) atoms. The van der Waals surface area contributed by atoms with E-state index in [9.17, 15) is 4.79 Å². The predicted molar refractivity (Wildman–Crippen MR) is 84.4 cm³/mol. The third-order valence-electron chi connectivity index (χ3n) is 4.53. The molecular formula is C16H32N2O3. The van der Waals surface area contributed by atoms with Gasteiger partial charge < -0.3 is 14.4 Å². The molecule has 0 aliphatic carbocycles. The van der Waals surface area contributed by atoms with Gasteiger partial charge in [-0.1, -0.05) is 13.8 Å². The lowest BCUT2D eigenvalue weighted by atomic mass is 9.79. The summed E-state index contributed by atoms with van der Waals surface area (Å²) in [6.07, 6.45) is 0.609. The maximum absolute atomic E-state index is 12.5. The number of nitrogens with one attached hydrogen (secondary N) is 1. The Bertz CT molecular complexity index is 365. The monoisotopic (exact) mass is 300 g/mol. The average Bonchev–Trinajstić information content (AvgIpc) is 2.59. The number of carbonyl (C=O) groups is 1. The van der Waals surface area contributed by atoms with E-state index in [1.165, 1.54) is 7.11 Å². The Hall–Kier alpha value is -0.650. The molecule has 5 heteroatoms. The highest BCUT2D eigenvalue weighted by Gasteiger charge is 2.62. The number of hydrogen-bond acceptors (Lipinski definition) is 5. The van der Waals surface area contributed by atoms with Crippen molar-refractivity contribution in [3.8, 4) is 0 Å². The lowest BCUT2D eigenvalue weighted by Gasteiger charge is -2.38. The first-order valence-electron chi connectivity index (χ1n) is 7.90. The van der Waals surface area contributed by atoms with Crippen molar-refractivity contribution in [1.29, 1.82) is 0 Å². The molecule has 0 saturated carbocycles. The number of methoxy groups -OCH3 is 1. The molecule has 0 spiro atoms. The Morgan fingerprint density at radius 3 is 2.19 bits per heavy atom. The number of ether oxygens (including phenoxy) is 2. The average molecular weight is 300 g/mol. The molecule has 1 N–H and O–H groups in total. The number of hydrogen-bond donors (Lipinski definition) is 1. The fraction of sp³-hybridized carbons (Fsp3) is 0.938. The van der Waals surface area contributed by atoms with Crippen LogP contribution in [-0.4, -0.2) is 60.9 Å². The molecule has 0 aromatic heterocycles. The molecule has 0 amide bonds. The number of esters is 1. The Morgan fingerprint density at radius 2 is 1.81 bits per heavy atom. The standard InChI is InChI=1S/C16H32N2O3/c1-8-18(9-2)11-10-17-16(13(19)20-7)12-14(3,4)21-15(16,5)6/h17H,8-12H2,1-7H3. The van der Waals surface area contributed by atoms with E-state index < -0.39 is 11.1 Å². The van der Waals surface area contributed by atoms with Crippen LogP contribution in [0.25, 0.3) is 0 Å². The van der Waals surface area contributed by atoms with Crippen LogP contribution in [0.3, 0.4) is 0 Å². The van der Waals surface area contributed by atoms with Gasteiger partial charge in [-0.25, -0.2) is 4.79 Å². The first kappa shape index (κ1) is 18.4. The molecule has 0 aromatic rings. The van der Waals surface area contributed by atoms with Crippen LogP contribution in [0, 0.1) is 0 Å². The van der Waals surface area contributed by atoms with Crippen molar-refractivity contribution in [1.82, 2.24) is 10.2 Å². The quantitative estimate of drug-likeness (QED) is 0.727. The van der Waals surface area contributed by atoms with E-state index in [2.05, 4.69) is 24.1 Å². The summed E-state index contributed by atoms with van der Waals surface area (Å²) in [5.41, 5.74) is -1.74. The van der Waals surface area contributed by atoms with Gasteiger partial charge in [0.15, 0.2) is 0 Å². The van der Waals surface area contributed by atoms with E-state index >= 15 is 0 Å². The maximum Gasteiger partial charge on any atom is 0.329 e. The fourth-order valence-corrected chi connectivity index (χ4v) is 3.47. The highest BCUT2D eigenvalue weighted by Crippen LogP contribution is 2.45. The van der Waals surface area contributed by atoms with Crippen LogP contribution in [-0.2, 0) is 14.3 Å². The van der Waals surface area contributed by atoms with Crippen LogP contribution in [0.5, 0.6) is 0 Å². The van der Waals surface area contributed by atoms with Crippen LogP contribution in [0.4, 0.5) is 0 Å². The summed E-state index contributed by atoms with van der Waals surface area (Å²) < 4.78 is 11.2. The smallest absolute Gasteiger partial charge is 0.329 e. The van der Waals surface area contributed by atoms with Crippen molar-refractivity contribution in [2.24, 2.45) is 0 Å². The number of likely N-dealkylation sites (N-methyl/N-ethyl adjacent to an activating group) is 1. The van der Waals surface area contributed by atoms with E-state index in [-0.39, 0.29) is 11.6 Å². The Labute approximate surface area is 129 Å². The van der Waals surface area contributed by atoms with Crippen molar-refractivity contribution < 1.29 is 14.3 Å². The Morgan fingerprint density at radius 1 is 1.24 bits per heavy atom. The van der Waals surface area contributed by atoms with E-state index in [0.717, 1.165) is 26.2 Å². The summed E-state index contributed by atoms with van der Waals surface area (Å²) in [5.74, 6) is -0.238. The van der Waals surface area contributed by atoms with Gasteiger partial charge in [-0.05, 0) is 40.8 Å². The van der Waals surface area contributed by atoms with Crippen molar-refractivity contribution >= 4 is 5.97 Å². The Balaban J connectivity index is 2.89. The van der Waals surface area contributed by atoms with Crippen LogP contribution in [0.15, 0.2) is 0 Å². The molecule has 1 rings (SSSR count). The second kappa shape index (κ2) is 6.63. The van der Waals surface area contributed by atoms with Crippen molar-refractivity contribution in [2.75, 3.05) is 33.3 Å². The minimum atomic E-state index is -0.793. The molecule has 1 atom stereocenters. The lowest BCUT2D eigenvalue weighted by molar-refractivity contribution is -0.157. The van der Waals surface area contributed by atoms with Gasteiger partial charge >= 0.3 is 5.97 Å². The molecular weight excluding hydrogens is 268 g/mol. The highest BCUT2D eigenvalue weighted by molar-refractivity contribution is 5.83. The number of carbonyl (C=O) groups excluding carboxylic acids is 1. The van der Waals surface area contributed by atoms with Gasteiger partial charge in [0, 0.05) is 19.5 Å². The molecule has 1 aliphatic heterocycles. The van der Waals surface area contributed by atoms with Crippen molar-refractivity contribution in [2.45, 2.75) is 64.7 Å². The summed E-state index contributed by atoms with van der Waals surface area (Å²) in [6, 6.07) is 0. The van der Waals surface area contributed by atoms with Gasteiger partial charge in [0.05, 0.1) is 18.3 Å². The van der Waals surface area contributed by atoms with Gasteiger partial charge in [-0.3, -0.25) is 5.32 Å². The molecule has 1 fully saturated rings. The van der Waals surface area contributed by atoms with Gasteiger partial charge in [0.1, 0.15) is 5.54 Å². The van der Waals surface area contributed by atoms with Crippen LogP contribution < -0.4 is 5.32 Å². The van der Waals surface area contributed by atoms with E-state index in [1.807, 2.05) is 27.7 Å². The summed E-state index contributed by atoms with van der Waals surface area (Å²) in [7, 11) is 1.44. The molecule has 1 unspecified atom stereocenters. The zero-order valence-corrected chi connectivity index (χ0v) is 14.7. The topological polar surface area (TPSA) is 50.8 Å². The molecule has 0 aromatic carbocycles. The first-order chi connectivity index (χ1) is 9.64. The molecule has 1 aliphatic rings.